The maximum absolute atomic E-state index is 13.4. The molecule has 0 aliphatic rings. The number of benzene rings is 3. The van der Waals surface area contributed by atoms with Gasteiger partial charge >= 0.3 is 0 Å². The zero-order chi connectivity index (χ0) is 14.8. The molecule has 0 unspecified atom stereocenters. The van der Waals surface area contributed by atoms with Gasteiger partial charge in [-0.05, 0) is 52.2 Å². The molecule has 0 fully saturated rings. The molecule has 0 heterocycles. The second-order valence-corrected chi connectivity index (χ2v) is 4.78. The maximum atomic E-state index is 13.4. The molecule has 0 bridgehead atoms. The van der Waals surface area contributed by atoms with Crippen LogP contribution in [0.15, 0.2) is 54.6 Å². The third-order valence-corrected chi connectivity index (χ3v) is 3.50. The Morgan fingerprint density at radius 1 is 0.905 bits per heavy atom. The molecule has 0 spiro atoms. The molecule has 3 rings (SSSR count). The molecule has 0 aromatic heterocycles. The van der Waals surface area contributed by atoms with Gasteiger partial charge in [0.1, 0.15) is 11.6 Å². The van der Waals surface area contributed by atoms with Crippen LogP contribution in [0.2, 0.25) is 0 Å². The summed E-state index contributed by atoms with van der Waals surface area (Å²) in [7, 11) is 1.63. The van der Waals surface area contributed by atoms with E-state index in [1.165, 1.54) is 6.07 Å². The van der Waals surface area contributed by atoms with Gasteiger partial charge in [-0.2, -0.15) is 0 Å². The molecule has 0 saturated carbocycles. The van der Waals surface area contributed by atoms with E-state index in [4.69, 9.17) is 4.74 Å². The molecular weight excluding hydrogens is 267 g/mol. The fourth-order valence-corrected chi connectivity index (χ4v) is 2.34. The Balaban J connectivity index is 2.10. The van der Waals surface area contributed by atoms with E-state index in [0.717, 1.165) is 27.6 Å². The van der Waals surface area contributed by atoms with Crippen LogP contribution in [0.1, 0.15) is 10.4 Å². The van der Waals surface area contributed by atoms with Gasteiger partial charge in [-0.1, -0.05) is 24.3 Å². The number of halogens is 1. The van der Waals surface area contributed by atoms with Crippen LogP contribution < -0.4 is 4.74 Å². The summed E-state index contributed by atoms with van der Waals surface area (Å²) in [4.78, 5) is 10.8. The van der Waals surface area contributed by atoms with Crippen LogP contribution in [0.3, 0.4) is 0 Å². The number of hydrogen-bond donors (Lipinski definition) is 0. The number of hydrogen-bond acceptors (Lipinski definition) is 2. The van der Waals surface area contributed by atoms with E-state index >= 15 is 0 Å². The fourth-order valence-electron chi connectivity index (χ4n) is 2.34. The molecule has 0 N–H and O–H groups in total. The van der Waals surface area contributed by atoms with Crippen molar-refractivity contribution in [2.75, 3.05) is 7.11 Å². The molecule has 0 saturated heterocycles. The van der Waals surface area contributed by atoms with Crippen molar-refractivity contribution in [3.63, 3.8) is 0 Å². The molecule has 3 aromatic rings. The number of fused-ring (bicyclic) bond motifs is 1. The number of carbonyl (C=O) groups is 1. The van der Waals surface area contributed by atoms with Crippen molar-refractivity contribution in [2.45, 2.75) is 0 Å². The quantitative estimate of drug-likeness (QED) is 0.662. The average molecular weight is 280 g/mol. The summed E-state index contributed by atoms with van der Waals surface area (Å²) < 4.78 is 18.6. The topological polar surface area (TPSA) is 26.3 Å². The van der Waals surface area contributed by atoms with Crippen molar-refractivity contribution in [3.8, 4) is 16.9 Å². The lowest BCUT2D eigenvalue weighted by atomic mass is 9.99. The number of aldehydes is 1. The van der Waals surface area contributed by atoms with Crippen molar-refractivity contribution in [2.24, 2.45) is 0 Å². The van der Waals surface area contributed by atoms with Crippen LogP contribution in [0, 0.1) is 5.82 Å². The van der Waals surface area contributed by atoms with Crippen molar-refractivity contribution >= 4 is 17.1 Å². The van der Waals surface area contributed by atoms with Gasteiger partial charge in [-0.15, -0.1) is 0 Å². The number of rotatable bonds is 3. The Labute approximate surface area is 121 Å². The monoisotopic (exact) mass is 280 g/mol. The largest absolute Gasteiger partial charge is 0.497 e. The van der Waals surface area contributed by atoms with Crippen molar-refractivity contribution in [3.05, 3.63) is 66.0 Å². The standard InChI is InChI=1S/C18H13FO2/c1-21-17-6-4-13-8-12(2-3-15(13)10-17)14-5-7-18(19)16(9-14)11-20/h2-11H,1H3. The first-order chi connectivity index (χ1) is 10.2. The van der Waals surface area contributed by atoms with E-state index in [1.54, 1.807) is 19.2 Å². The van der Waals surface area contributed by atoms with Crippen LogP contribution >= 0.6 is 0 Å². The van der Waals surface area contributed by atoms with Crippen LogP contribution in [0.5, 0.6) is 5.75 Å². The van der Waals surface area contributed by atoms with Gasteiger partial charge in [0, 0.05) is 0 Å². The lowest BCUT2D eigenvalue weighted by Crippen LogP contribution is -1.89. The van der Waals surface area contributed by atoms with E-state index in [2.05, 4.69) is 0 Å². The summed E-state index contributed by atoms with van der Waals surface area (Å²) in [5, 5.41) is 2.13. The van der Waals surface area contributed by atoms with Gasteiger partial charge in [-0.3, -0.25) is 4.79 Å². The molecule has 0 radical (unpaired) electrons. The van der Waals surface area contributed by atoms with E-state index in [0.29, 0.717) is 6.29 Å². The third-order valence-electron chi connectivity index (χ3n) is 3.50. The second kappa shape index (κ2) is 5.37. The first kappa shape index (κ1) is 13.3. The summed E-state index contributed by atoms with van der Waals surface area (Å²) in [6.07, 6.45) is 0.532. The minimum absolute atomic E-state index is 0.0716. The highest BCUT2D eigenvalue weighted by molar-refractivity contribution is 5.89. The van der Waals surface area contributed by atoms with E-state index in [1.807, 2.05) is 36.4 Å². The predicted molar refractivity (Wildman–Crippen MR) is 81.3 cm³/mol. The lowest BCUT2D eigenvalue weighted by molar-refractivity contribution is 0.112. The third kappa shape index (κ3) is 2.50. The number of methoxy groups -OCH3 is 1. The average Bonchev–Trinajstić information content (AvgIpc) is 2.54. The lowest BCUT2D eigenvalue weighted by Gasteiger charge is -2.07. The smallest absolute Gasteiger partial charge is 0.153 e. The molecule has 2 nitrogen and oxygen atoms in total. The molecule has 0 amide bonds. The Kier molecular flexibility index (Phi) is 3.40. The van der Waals surface area contributed by atoms with Gasteiger partial charge in [-0.25, -0.2) is 4.39 Å². The first-order valence-electron chi connectivity index (χ1n) is 6.54. The van der Waals surface area contributed by atoms with E-state index in [-0.39, 0.29) is 5.56 Å². The molecule has 104 valence electrons. The zero-order valence-electron chi connectivity index (χ0n) is 11.5. The second-order valence-electron chi connectivity index (χ2n) is 4.78. The van der Waals surface area contributed by atoms with Gasteiger partial charge in [0.05, 0.1) is 12.7 Å². The normalized spacial score (nSPS) is 10.6. The van der Waals surface area contributed by atoms with E-state index < -0.39 is 5.82 Å². The molecule has 3 heteroatoms. The highest BCUT2D eigenvalue weighted by atomic mass is 19.1. The van der Waals surface area contributed by atoms with Gasteiger partial charge in [0.15, 0.2) is 6.29 Å². The van der Waals surface area contributed by atoms with Gasteiger partial charge in [0.2, 0.25) is 0 Å². The van der Waals surface area contributed by atoms with E-state index in [9.17, 15) is 9.18 Å². The van der Waals surface area contributed by atoms with Gasteiger partial charge in [0.25, 0.3) is 0 Å². The Hall–Kier alpha value is -2.68. The molecule has 3 aromatic carbocycles. The summed E-state index contributed by atoms with van der Waals surface area (Å²) >= 11 is 0. The zero-order valence-corrected chi connectivity index (χ0v) is 11.5. The minimum Gasteiger partial charge on any atom is -0.497 e. The summed E-state index contributed by atoms with van der Waals surface area (Å²) in [5.74, 6) is 0.305. The van der Waals surface area contributed by atoms with Crippen molar-refractivity contribution in [1.29, 1.82) is 0 Å². The summed E-state index contributed by atoms with van der Waals surface area (Å²) in [5.41, 5.74) is 1.83. The summed E-state index contributed by atoms with van der Waals surface area (Å²) in [6, 6.07) is 16.3. The van der Waals surface area contributed by atoms with Crippen LogP contribution in [0.4, 0.5) is 4.39 Å². The van der Waals surface area contributed by atoms with Crippen molar-refractivity contribution in [1.82, 2.24) is 0 Å². The Morgan fingerprint density at radius 3 is 2.33 bits per heavy atom. The molecule has 21 heavy (non-hydrogen) atoms. The van der Waals surface area contributed by atoms with Crippen LogP contribution in [0.25, 0.3) is 21.9 Å². The first-order valence-corrected chi connectivity index (χ1v) is 6.54. The highest BCUT2D eigenvalue weighted by Crippen LogP contribution is 2.27. The van der Waals surface area contributed by atoms with Gasteiger partial charge < -0.3 is 4.74 Å². The van der Waals surface area contributed by atoms with Crippen LogP contribution in [-0.4, -0.2) is 13.4 Å². The maximum Gasteiger partial charge on any atom is 0.153 e. The fraction of sp³-hybridized carbons (Fsp3) is 0.0556. The molecule has 0 aliphatic heterocycles. The number of ether oxygens (including phenoxy) is 1. The number of carbonyl (C=O) groups excluding carboxylic acids is 1. The van der Waals surface area contributed by atoms with Crippen molar-refractivity contribution < 1.29 is 13.9 Å². The predicted octanol–water partition coefficient (Wildman–Crippen LogP) is 4.47. The highest BCUT2D eigenvalue weighted by Gasteiger charge is 2.05. The summed E-state index contributed by atoms with van der Waals surface area (Å²) in [6.45, 7) is 0. The van der Waals surface area contributed by atoms with Crippen LogP contribution in [-0.2, 0) is 0 Å². The SMILES string of the molecule is COc1ccc2cc(-c3ccc(F)c(C=O)c3)ccc2c1. The Morgan fingerprint density at radius 2 is 1.57 bits per heavy atom. The molecular formula is C18H13FO2. The molecule has 0 atom stereocenters. The molecule has 0 aliphatic carbocycles. The Bertz CT molecular complexity index is 825. The minimum atomic E-state index is -0.501.